The number of furan rings is 1. The summed E-state index contributed by atoms with van der Waals surface area (Å²) in [4.78, 5) is 15.4. The van der Waals surface area contributed by atoms with E-state index >= 15 is 0 Å². The number of aryl methyl sites for hydroxylation is 1. The number of hydrogen-bond acceptors (Lipinski definition) is 5. The average Bonchev–Trinajstić information content (AvgIpc) is 3.88. The van der Waals surface area contributed by atoms with Crippen LogP contribution in [0.2, 0.25) is 0 Å². The fourth-order valence-corrected chi connectivity index (χ4v) is 9.01. The molecule has 0 saturated carbocycles. The smallest absolute Gasteiger partial charge is 0.165 e. The zero-order valence-electron chi connectivity index (χ0n) is 28.0. The van der Waals surface area contributed by atoms with Gasteiger partial charge in [0.25, 0.3) is 0 Å². The predicted octanol–water partition coefficient (Wildman–Crippen LogP) is 12.5. The molecule has 0 N–H and O–H groups in total. The number of para-hydroxylation sites is 2. The van der Waals surface area contributed by atoms with E-state index in [1.807, 2.05) is 84.1 Å². The molecule has 4 aromatic heterocycles. The lowest BCUT2D eigenvalue weighted by Crippen LogP contribution is -2.03. The van der Waals surface area contributed by atoms with E-state index < -0.39 is 0 Å². The van der Waals surface area contributed by atoms with Crippen LogP contribution in [-0.2, 0) is 0 Å². The summed E-state index contributed by atoms with van der Waals surface area (Å²) in [5, 5.41) is 6.96. The SMILES string of the molecule is Cc1cc(-n2c3ccccc3c3ccc4sc5ccccc5c4c32)c2oc3ccccc3c2c1-c1nc(-c2ccccc2)nc(-c2ccccc2)n1. The summed E-state index contributed by atoms with van der Waals surface area (Å²) in [6.45, 7) is 2.16. The van der Waals surface area contributed by atoms with Crippen molar-refractivity contribution in [3.8, 4) is 39.9 Å². The fraction of sp³-hybridized carbons (Fsp3) is 0.0217. The van der Waals surface area contributed by atoms with Crippen LogP contribution >= 0.6 is 11.3 Å². The van der Waals surface area contributed by atoms with Gasteiger partial charge in [-0.05, 0) is 42.8 Å². The Morgan fingerprint density at radius 3 is 1.88 bits per heavy atom. The second kappa shape index (κ2) is 11.2. The van der Waals surface area contributed by atoms with Crippen LogP contribution in [0, 0.1) is 6.92 Å². The maximum atomic E-state index is 6.94. The standard InChI is InChI=1S/C46H28N4OS/c1-27-26-35(50-34-21-11-8-18-30(34)31-24-25-38-40(42(31)50)33-20-10-13-23-37(33)52-38)43-41(32-19-9-12-22-36(32)51-43)39(27)46-48-44(28-14-4-2-5-15-28)47-45(49-46)29-16-6-3-7-17-29/h2-26H,1H3. The first-order valence-electron chi connectivity index (χ1n) is 17.4. The third-order valence-electron chi connectivity index (χ3n) is 10.2. The van der Waals surface area contributed by atoms with Crippen molar-refractivity contribution in [1.29, 1.82) is 0 Å². The van der Waals surface area contributed by atoms with Crippen molar-refractivity contribution in [3.63, 3.8) is 0 Å². The Kier molecular flexibility index (Phi) is 6.27. The van der Waals surface area contributed by atoms with Gasteiger partial charge in [-0.1, -0.05) is 121 Å². The van der Waals surface area contributed by atoms with E-state index in [2.05, 4.69) is 90.4 Å². The van der Waals surface area contributed by atoms with Gasteiger partial charge in [0.15, 0.2) is 23.1 Å². The lowest BCUT2D eigenvalue weighted by molar-refractivity contribution is 0.666. The predicted molar refractivity (Wildman–Crippen MR) is 215 cm³/mol. The molecule has 0 fully saturated rings. The Balaban J connectivity index is 1.28. The summed E-state index contributed by atoms with van der Waals surface area (Å²) in [7, 11) is 0. The zero-order chi connectivity index (χ0) is 34.3. The molecule has 52 heavy (non-hydrogen) atoms. The summed E-state index contributed by atoms with van der Waals surface area (Å²) in [5.41, 5.74) is 8.77. The van der Waals surface area contributed by atoms with E-state index in [1.165, 1.54) is 36.5 Å². The summed E-state index contributed by atoms with van der Waals surface area (Å²) in [6.07, 6.45) is 0. The minimum Gasteiger partial charge on any atom is -0.454 e. The van der Waals surface area contributed by atoms with Crippen molar-refractivity contribution in [3.05, 3.63) is 157 Å². The van der Waals surface area contributed by atoms with Gasteiger partial charge < -0.3 is 8.98 Å². The van der Waals surface area contributed by atoms with Gasteiger partial charge in [0, 0.05) is 58.4 Å². The molecule has 0 aliphatic heterocycles. The van der Waals surface area contributed by atoms with Gasteiger partial charge in [0.2, 0.25) is 0 Å². The van der Waals surface area contributed by atoms with Crippen molar-refractivity contribution in [2.75, 3.05) is 0 Å². The van der Waals surface area contributed by atoms with Gasteiger partial charge in [-0.25, -0.2) is 15.0 Å². The van der Waals surface area contributed by atoms with Crippen molar-refractivity contribution >= 4 is 75.3 Å². The van der Waals surface area contributed by atoms with E-state index in [1.54, 1.807) is 0 Å². The van der Waals surface area contributed by atoms with Gasteiger partial charge in [-0.15, -0.1) is 11.3 Å². The lowest BCUT2D eigenvalue weighted by atomic mass is 9.98. The van der Waals surface area contributed by atoms with Gasteiger partial charge in [-0.2, -0.15) is 0 Å². The summed E-state index contributed by atoms with van der Waals surface area (Å²) >= 11 is 1.84. The molecule has 4 heterocycles. The van der Waals surface area contributed by atoms with Crippen LogP contribution in [0.15, 0.2) is 156 Å². The second-order valence-electron chi connectivity index (χ2n) is 13.2. The quantitative estimate of drug-likeness (QED) is 0.185. The van der Waals surface area contributed by atoms with E-state index in [-0.39, 0.29) is 0 Å². The molecule has 0 atom stereocenters. The Morgan fingerprint density at radius 1 is 0.519 bits per heavy atom. The molecule has 7 aromatic carbocycles. The monoisotopic (exact) mass is 684 g/mol. The number of thiophene rings is 1. The normalized spacial score (nSPS) is 11.9. The summed E-state index contributed by atoms with van der Waals surface area (Å²) < 4.78 is 11.9. The largest absolute Gasteiger partial charge is 0.454 e. The molecule has 0 unspecified atom stereocenters. The van der Waals surface area contributed by atoms with Crippen LogP contribution in [0.1, 0.15) is 5.56 Å². The number of fused-ring (bicyclic) bond motifs is 10. The Hall–Kier alpha value is -6.63. The highest BCUT2D eigenvalue weighted by molar-refractivity contribution is 7.26. The summed E-state index contributed by atoms with van der Waals surface area (Å²) in [6, 6.07) is 52.8. The van der Waals surface area contributed by atoms with Crippen LogP contribution in [0.4, 0.5) is 0 Å². The lowest BCUT2D eigenvalue weighted by Gasteiger charge is -2.15. The first kappa shape index (κ1) is 29.1. The van der Waals surface area contributed by atoms with Crippen LogP contribution in [0.25, 0.3) is 104 Å². The van der Waals surface area contributed by atoms with Crippen molar-refractivity contribution in [1.82, 2.24) is 19.5 Å². The maximum Gasteiger partial charge on any atom is 0.165 e. The van der Waals surface area contributed by atoms with Gasteiger partial charge in [0.05, 0.1) is 16.7 Å². The fourth-order valence-electron chi connectivity index (χ4n) is 7.90. The van der Waals surface area contributed by atoms with Crippen LogP contribution in [0.3, 0.4) is 0 Å². The van der Waals surface area contributed by atoms with Crippen molar-refractivity contribution < 1.29 is 4.42 Å². The molecule has 0 spiro atoms. The molecule has 0 aliphatic rings. The van der Waals surface area contributed by atoms with Crippen LogP contribution < -0.4 is 0 Å². The molecule has 5 nitrogen and oxygen atoms in total. The molecule has 11 rings (SSSR count). The van der Waals surface area contributed by atoms with Crippen LogP contribution in [-0.4, -0.2) is 19.5 Å². The highest BCUT2D eigenvalue weighted by atomic mass is 32.1. The highest BCUT2D eigenvalue weighted by Gasteiger charge is 2.26. The van der Waals surface area contributed by atoms with Crippen LogP contribution in [0.5, 0.6) is 0 Å². The number of benzene rings is 7. The first-order chi connectivity index (χ1) is 25.7. The van der Waals surface area contributed by atoms with E-state index in [4.69, 9.17) is 19.4 Å². The van der Waals surface area contributed by atoms with Gasteiger partial charge in [-0.3, -0.25) is 0 Å². The maximum absolute atomic E-state index is 6.94. The molecule has 0 radical (unpaired) electrons. The zero-order valence-corrected chi connectivity index (χ0v) is 28.9. The number of hydrogen-bond donors (Lipinski definition) is 0. The molecular weight excluding hydrogens is 657 g/mol. The minimum atomic E-state index is 0.613. The molecule has 6 heteroatoms. The Labute approximate surface area is 302 Å². The number of aromatic nitrogens is 4. The average molecular weight is 685 g/mol. The molecule has 0 saturated heterocycles. The van der Waals surface area contributed by atoms with Crippen molar-refractivity contribution in [2.45, 2.75) is 6.92 Å². The molecule has 244 valence electrons. The molecule has 0 amide bonds. The minimum absolute atomic E-state index is 0.613. The van der Waals surface area contributed by atoms with E-state index in [9.17, 15) is 0 Å². The number of rotatable bonds is 4. The Morgan fingerprint density at radius 2 is 1.13 bits per heavy atom. The van der Waals surface area contributed by atoms with Gasteiger partial charge in [0.1, 0.15) is 5.58 Å². The first-order valence-corrected chi connectivity index (χ1v) is 18.2. The third kappa shape index (κ3) is 4.25. The molecular formula is C46H28N4OS. The van der Waals surface area contributed by atoms with Crippen molar-refractivity contribution in [2.24, 2.45) is 0 Å². The summed E-state index contributed by atoms with van der Waals surface area (Å²) in [5.74, 6) is 1.87. The van der Waals surface area contributed by atoms with Gasteiger partial charge >= 0.3 is 0 Å². The van der Waals surface area contributed by atoms with E-state index in [0.717, 1.165) is 55.4 Å². The second-order valence-corrected chi connectivity index (χ2v) is 14.3. The molecule has 0 aliphatic carbocycles. The highest BCUT2D eigenvalue weighted by Crippen LogP contribution is 2.47. The molecule has 11 aromatic rings. The van der Waals surface area contributed by atoms with E-state index in [0.29, 0.717) is 17.5 Å². The topological polar surface area (TPSA) is 56.7 Å². The number of nitrogens with zero attached hydrogens (tertiary/aromatic N) is 4. The third-order valence-corrected chi connectivity index (χ3v) is 11.3. The molecule has 0 bridgehead atoms. The Bertz CT molecular complexity index is 3140.